The zero-order valence-electron chi connectivity index (χ0n) is 18.7. The zero-order valence-corrected chi connectivity index (χ0v) is 18.7. The number of fused-ring (bicyclic) bond motifs is 2. The lowest BCUT2D eigenvalue weighted by Gasteiger charge is -2.34. The van der Waals surface area contributed by atoms with Crippen LogP contribution in [0.25, 0.3) is 0 Å². The van der Waals surface area contributed by atoms with Crippen LogP contribution in [0.3, 0.4) is 0 Å². The van der Waals surface area contributed by atoms with Crippen molar-refractivity contribution < 1.29 is 55.3 Å². The largest absolute Gasteiger partial charge is 0.490 e. The number of carboxylic acid groups (broad SMARTS) is 2. The number of rotatable bonds is 1. The van der Waals surface area contributed by atoms with Crippen molar-refractivity contribution >= 4 is 23.5 Å². The van der Waals surface area contributed by atoms with Gasteiger partial charge in [-0.1, -0.05) is 0 Å². The number of alkyl halides is 6. The van der Waals surface area contributed by atoms with Crippen LogP contribution in [-0.2, 0) is 15.0 Å². The number of pyridine rings is 1. The minimum absolute atomic E-state index is 0.0682. The van der Waals surface area contributed by atoms with Crippen molar-refractivity contribution in [3.63, 3.8) is 0 Å². The number of hydrogen-bond acceptors (Lipinski definition) is 5. The van der Waals surface area contributed by atoms with Gasteiger partial charge in [0, 0.05) is 30.0 Å². The Balaban J connectivity index is 0.000000286. The van der Waals surface area contributed by atoms with Crippen molar-refractivity contribution in [3.05, 3.63) is 59.7 Å². The first-order chi connectivity index (χ1) is 17.1. The quantitative estimate of drug-likeness (QED) is 0.472. The molecule has 1 fully saturated rings. The highest BCUT2D eigenvalue weighted by Gasteiger charge is 2.45. The predicted octanol–water partition coefficient (Wildman–Crippen LogP) is 3.77. The second kappa shape index (κ2) is 11.5. The minimum atomic E-state index is -5.08. The third kappa shape index (κ3) is 7.62. The van der Waals surface area contributed by atoms with Crippen molar-refractivity contribution in [3.8, 4) is 0 Å². The molecule has 0 bridgehead atoms. The predicted molar refractivity (Wildman–Crippen MR) is 113 cm³/mol. The first-order valence-corrected chi connectivity index (χ1v) is 10.4. The number of aliphatic carboxylic acids is 2. The van der Waals surface area contributed by atoms with E-state index in [-0.39, 0.29) is 17.1 Å². The fourth-order valence-corrected chi connectivity index (χ4v) is 3.80. The van der Waals surface area contributed by atoms with Crippen LogP contribution >= 0.6 is 0 Å². The number of amides is 1. The zero-order chi connectivity index (χ0) is 28.0. The Morgan fingerprint density at radius 1 is 0.946 bits per heavy atom. The summed E-state index contributed by atoms with van der Waals surface area (Å²) in [5.74, 6) is -5.82. The van der Waals surface area contributed by atoms with Gasteiger partial charge in [-0.2, -0.15) is 26.3 Å². The molecule has 2 aliphatic rings. The maximum Gasteiger partial charge on any atom is 0.490 e. The van der Waals surface area contributed by atoms with E-state index in [4.69, 9.17) is 19.8 Å². The fraction of sp³-hybridized carbons (Fsp3) is 0.364. The Hall–Kier alpha value is -3.75. The van der Waals surface area contributed by atoms with E-state index in [2.05, 4.69) is 10.3 Å². The highest BCUT2D eigenvalue weighted by atomic mass is 19.4. The van der Waals surface area contributed by atoms with E-state index in [1.807, 2.05) is 0 Å². The van der Waals surface area contributed by atoms with E-state index in [0.717, 1.165) is 37.2 Å². The Bertz CT molecular complexity index is 1090. The summed E-state index contributed by atoms with van der Waals surface area (Å²) >= 11 is 0. The van der Waals surface area contributed by atoms with Gasteiger partial charge in [0.25, 0.3) is 5.91 Å². The van der Waals surface area contributed by atoms with Crippen LogP contribution in [0.2, 0.25) is 0 Å². The van der Waals surface area contributed by atoms with Gasteiger partial charge >= 0.3 is 24.3 Å². The molecule has 0 saturated carbocycles. The molecule has 1 aromatic carbocycles. The lowest BCUT2D eigenvalue weighted by atomic mass is 9.75. The molecule has 3 N–H and O–H groups in total. The Kier molecular flexibility index (Phi) is 9.19. The number of carboxylic acids is 2. The minimum Gasteiger partial charge on any atom is -0.475 e. The summed E-state index contributed by atoms with van der Waals surface area (Å²) in [5, 5.41) is 17.6. The third-order valence-corrected chi connectivity index (χ3v) is 5.48. The van der Waals surface area contributed by atoms with E-state index in [9.17, 15) is 35.5 Å². The standard InChI is InChI=1S/C18H18FN3O.2C2HF3O2/c19-14-3-4-16-15(10-14)18(5-8-20-9-6-18)12-22(16)17(23)13-2-1-7-21-11-13;2*3-2(4,5)1(6)7/h1-4,7,10-11,20H,5-6,8-9,12H2;2*(H,6,7). The van der Waals surface area contributed by atoms with Crippen LogP contribution in [0, 0.1) is 5.82 Å². The molecule has 8 nitrogen and oxygen atoms in total. The average molecular weight is 539 g/mol. The van der Waals surface area contributed by atoms with Crippen LogP contribution < -0.4 is 10.2 Å². The van der Waals surface area contributed by atoms with Crippen LogP contribution in [-0.4, -0.2) is 65.0 Å². The van der Waals surface area contributed by atoms with Gasteiger partial charge in [0.1, 0.15) is 5.82 Å². The van der Waals surface area contributed by atoms with E-state index in [0.29, 0.717) is 12.1 Å². The molecule has 1 saturated heterocycles. The van der Waals surface area contributed by atoms with Gasteiger partial charge in [-0.05, 0) is 61.8 Å². The number of anilines is 1. The van der Waals surface area contributed by atoms with Crippen LogP contribution in [0.5, 0.6) is 0 Å². The molecule has 202 valence electrons. The summed E-state index contributed by atoms with van der Waals surface area (Å²) in [6.45, 7) is 2.40. The number of aromatic nitrogens is 1. The number of carbonyl (C=O) groups excluding carboxylic acids is 1. The molecule has 0 aliphatic carbocycles. The third-order valence-electron chi connectivity index (χ3n) is 5.48. The van der Waals surface area contributed by atoms with Gasteiger partial charge in [-0.3, -0.25) is 9.78 Å². The Morgan fingerprint density at radius 3 is 1.95 bits per heavy atom. The molecule has 15 heteroatoms. The summed E-state index contributed by atoms with van der Waals surface area (Å²) in [6, 6.07) is 8.30. The van der Waals surface area contributed by atoms with Crippen molar-refractivity contribution in [1.82, 2.24) is 10.3 Å². The molecule has 1 aromatic heterocycles. The smallest absolute Gasteiger partial charge is 0.475 e. The van der Waals surface area contributed by atoms with Gasteiger partial charge < -0.3 is 20.4 Å². The van der Waals surface area contributed by atoms with Gasteiger partial charge in [0.15, 0.2) is 0 Å². The topological polar surface area (TPSA) is 120 Å². The SMILES string of the molecule is O=C(O)C(F)(F)F.O=C(O)C(F)(F)F.O=C(c1cccnc1)N1CC2(CCNCC2)c2cc(F)ccc21. The molecular formula is C22H20F7N3O5. The molecule has 2 aliphatic heterocycles. The summed E-state index contributed by atoms with van der Waals surface area (Å²) in [7, 11) is 0. The first kappa shape index (κ1) is 29.5. The molecule has 1 amide bonds. The lowest BCUT2D eigenvalue weighted by molar-refractivity contribution is -0.193. The first-order valence-electron chi connectivity index (χ1n) is 10.4. The van der Waals surface area contributed by atoms with E-state index < -0.39 is 24.3 Å². The van der Waals surface area contributed by atoms with Gasteiger partial charge in [0.2, 0.25) is 0 Å². The highest BCUT2D eigenvalue weighted by Crippen LogP contribution is 2.46. The van der Waals surface area contributed by atoms with Gasteiger partial charge in [-0.25, -0.2) is 14.0 Å². The lowest BCUT2D eigenvalue weighted by Crippen LogP contribution is -2.44. The van der Waals surface area contributed by atoms with Crippen molar-refractivity contribution in [1.29, 1.82) is 0 Å². The molecule has 0 atom stereocenters. The highest BCUT2D eigenvalue weighted by molar-refractivity contribution is 6.07. The Labute approximate surface area is 204 Å². The molecule has 1 spiro atoms. The van der Waals surface area contributed by atoms with E-state index >= 15 is 0 Å². The summed E-state index contributed by atoms with van der Waals surface area (Å²) in [5.41, 5.74) is 2.23. The van der Waals surface area contributed by atoms with Crippen LogP contribution in [0.1, 0.15) is 28.8 Å². The summed E-state index contributed by atoms with van der Waals surface area (Å²) < 4.78 is 77.3. The average Bonchev–Trinajstić information content (AvgIpc) is 3.12. The normalized spacial score (nSPS) is 16.0. The molecule has 4 rings (SSSR count). The molecule has 3 heterocycles. The van der Waals surface area contributed by atoms with Crippen molar-refractivity contribution in [2.24, 2.45) is 0 Å². The monoisotopic (exact) mass is 539 g/mol. The van der Waals surface area contributed by atoms with E-state index in [1.165, 1.54) is 6.07 Å². The number of halogens is 7. The van der Waals surface area contributed by atoms with Crippen LogP contribution in [0.15, 0.2) is 42.7 Å². The van der Waals surface area contributed by atoms with Crippen molar-refractivity contribution in [2.45, 2.75) is 30.6 Å². The maximum atomic E-state index is 13.8. The summed E-state index contributed by atoms with van der Waals surface area (Å²) in [6.07, 6.45) is -5.10. The molecule has 37 heavy (non-hydrogen) atoms. The number of nitrogens with zero attached hydrogens (tertiary/aromatic N) is 2. The number of benzene rings is 1. The molecule has 0 unspecified atom stereocenters. The molecule has 2 aromatic rings. The number of nitrogens with one attached hydrogen (secondary N) is 1. The summed E-state index contributed by atoms with van der Waals surface area (Å²) in [4.78, 5) is 36.5. The fourth-order valence-electron chi connectivity index (χ4n) is 3.80. The Morgan fingerprint density at radius 2 is 1.49 bits per heavy atom. The van der Waals surface area contributed by atoms with Crippen LogP contribution in [0.4, 0.5) is 36.4 Å². The maximum absolute atomic E-state index is 13.8. The van der Waals surface area contributed by atoms with Gasteiger partial charge in [0.05, 0.1) is 5.56 Å². The second-order valence-electron chi connectivity index (χ2n) is 7.93. The van der Waals surface area contributed by atoms with Crippen molar-refractivity contribution in [2.75, 3.05) is 24.5 Å². The number of piperidine rings is 1. The molecular weight excluding hydrogens is 519 g/mol. The number of hydrogen-bond donors (Lipinski definition) is 3. The molecule has 0 radical (unpaired) electrons. The van der Waals surface area contributed by atoms with Gasteiger partial charge in [-0.15, -0.1) is 0 Å². The number of carbonyl (C=O) groups is 3. The van der Waals surface area contributed by atoms with E-state index in [1.54, 1.807) is 41.6 Å². The second-order valence-corrected chi connectivity index (χ2v) is 7.93.